The summed E-state index contributed by atoms with van der Waals surface area (Å²) in [6.45, 7) is 0. The Labute approximate surface area is 152 Å². The smallest absolute Gasteiger partial charge is 0.270 e. The molecule has 1 N–H and O–H groups in total. The van der Waals surface area contributed by atoms with Crippen LogP contribution < -0.4 is 10.1 Å². The third-order valence-electron chi connectivity index (χ3n) is 2.88. The second-order valence-electron chi connectivity index (χ2n) is 4.63. The summed E-state index contributed by atoms with van der Waals surface area (Å²) in [6, 6.07) is 13.6. The van der Waals surface area contributed by atoms with E-state index in [1.165, 1.54) is 18.2 Å². The maximum absolute atomic E-state index is 12.3. The summed E-state index contributed by atoms with van der Waals surface area (Å²) in [5, 5.41) is 13.2. The zero-order valence-electron chi connectivity index (χ0n) is 12.0. The van der Waals surface area contributed by atoms with Gasteiger partial charge in [-0.2, -0.15) is 0 Å². The minimum absolute atomic E-state index is 0.0418. The van der Waals surface area contributed by atoms with Crippen molar-refractivity contribution in [1.82, 2.24) is 5.32 Å². The van der Waals surface area contributed by atoms with Crippen molar-refractivity contribution < 1.29 is 14.5 Å². The summed E-state index contributed by atoms with van der Waals surface area (Å²) in [5.41, 5.74) is -0.183. The number of ether oxygens (including phenoxy) is 1. The van der Waals surface area contributed by atoms with Crippen LogP contribution in [0.3, 0.4) is 0 Å². The summed E-state index contributed by atoms with van der Waals surface area (Å²) >= 11 is 17.5. The molecule has 0 spiro atoms. The Kier molecular flexibility index (Phi) is 5.88. The molecule has 0 saturated carbocycles. The number of hydrogen-bond acceptors (Lipinski definition) is 4. The maximum Gasteiger partial charge on any atom is 0.270 e. The molecule has 24 heavy (non-hydrogen) atoms. The standard InChI is InChI=1S/C15H11Cl3N2O4/c16-15(17,18)14(24-12-7-2-1-3-8-12)19-13(21)10-5-4-6-11(9-10)20(22)23/h1-9,14H,(H,19,21). The Morgan fingerprint density at radius 1 is 1.12 bits per heavy atom. The van der Waals surface area contributed by atoms with Crippen LogP contribution in [-0.2, 0) is 0 Å². The normalized spacial score (nSPS) is 12.3. The van der Waals surface area contributed by atoms with Crippen LogP contribution in [0.25, 0.3) is 0 Å². The second-order valence-corrected chi connectivity index (χ2v) is 7.00. The molecule has 126 valence electrons. The molecule has 0 saturated heterocycles. The molecule has 1 unspecified atom stereocenters. The van der Waals surface area contributed by atoms with Crippen molar-refractivity contribution in [2.24, 2.45) is 0 Å². The zero-order valence-corrected chi connectivity index (χ0v) is 14.3. The van der Waals surface area contributed by atoms with E-state index in [0.29, 0.717) is 5.75 Å². The number of amides is 1. The van der Waals surface area contributed by atoms with E-state index in [1.807, 2.05) is 0 Å². The predicted octanol–water partition coefficient (Wildman–Crippen LogP) is 4.10. The lowest BCUT2D eigenvalue weighted by Gasteiger charge is -2.26. The van der Waals surface area contributed by atoms with Gasteiger partial charge in [-0.05, 0) is 18.2 Å². The second kappa shape index (κ2) is 7.70. The van der Waals surface area contributed by atoms with E-state index in [2.05, 4.69) is 5.32 Å². The molecule has 2 rings (SSSR count). The summed E-state index contributed by atoms with van der Waals surface area (Å²) in [4.78, 5) is 22.5. The lowest BCUT2D eigenvalue weighted by molar-refractivity contribution is -0.384. The summed E-state index contributed by atoms with van der Waals surface area (Å²) in [5.74, 6) is -0.292. The molecule has 0 radical (unpaired) electrons. The van der Waals surface area contributed by atoms with Gasteiger partial charge in [0.2, 0.25) is 10.0 Å². The fraction of sp³-hybridized carbons (Fsp3) is 0.133. The zero-order chi connectivity index (χ0) is 17.7. The number of non-ortho nitro benzene ring substituents is 1. The number of rotatable bonds is 5. The van der Waals surface area contributed by atoms with Crippen LogP contribution in [0.15, 0.2) is 54.6 Å². The van der Waals surface area contributed by atoms with Crippen molar-refractivity contribution in [1.29, 1.82) is 0 Å². The molecule has 0 aliphatic rings. The number of carbonyl (C=O) groups excluding carboxylic acids is 1. The molecule has 0 bridgehead atoms. The molecule has 0 fully saturated rings. The van der Waals surface area contributed by atoms with Crippen LogP contribution in [0, 0.1) is 10.1 Å². The highest BCUT2D eigenvalue weighted by atomic mass is 35.6. The van der Waals surface area contributed by atoms with Gasteiger partial charge in [-0.1, -0.05) is 59.1 Å². The SMILES string of the molecule is O=C(NC(Oc1ccccc1)C(Cl)(Cl)Cl)c1cccc([N+](=O)[O-])c1. The number of carbonyl (C=O) groups is 1. The number of benzene rings is 2. The highest BCUT2D eigenvalue weighted by Gasteiger charge is 2.36. The number of nitro groups is 1. The number of hydrogen-bond donors (Lipinski definition) is 1. The molecule has 0 aliphatic carbocycles. The number of nitro benzene ring substituents is 1. The first kappa shape index (κ1) is 18.3. The van der Waals surface area contributed by atoms with E-state index in [1.54, 1.807) is 30.3 Å². The van der Waals surface area contributed by atoms with E-state index in [9.17, 15) is 14.9 Å². The summed E-state index contributed by atoms with van der Waals surface area (Å²) in [7, 11) is 0. The minimum Gasteiger partial charge on any atom is -0.466 e. The van der Waals surface area contributed by atoms with Crippen molar-refractivity contribution in [3.05, 3.63) is 70.3 Å². The van der Waals surface area contributed by atoms with Gasteiger partial charge in [0.1, 0.15) is 5.75 Å². The fourth-order valence-electron chi connectivity index (χ4n) is 1.78. The van der Waals surface area contributed by atoms with E-state index in [-0.39, 0.29) is 11.3 Å². The van der Waals surface area contributed by atoms with Crippen LogP contribution in [0.2, 0.25) is 0 Å². The van der Waals surface area contributed by atoms with E-state index in [4.69, 9.17) is 39.5 Å². The number of nitrogens with zero attached hydrogens (tertiary/aromatic N) is 1. The molecular formula is C15H11Cl3N2O4. The molecule has 6 nitrogen and oxygen atoms in total. The predicted molar refractivity (Wildman–Crippen MR) is 91.7 cm³/mol. The number of halogens is 3. The summed E-state index contributed by atoms with van der Waals surface area (Å²) in [6.07, 6.45) is -1.29. The largest absolute Gasteiger partial charge is 0.466 e. The Morgan fingerprint density at radius 2 is 1.79 bits per heavy atom. The first-order valence-electron chi connectivity index (χ1n) is 6.61. The van der Waals surface area contributed by atoms with Gasteiger partial charge in [-0.3, -0.25) is 14.9 Å². The molecule has 0 aliphatic heterocycles. The highest BCUT2D eigenvalue weighted by molar-refractivity contribution is 6.68. The van der Waals surface area contributed by atoms with Crippen molar-refractivity contribution in [3.63, 3.8) is 0 Å². The van der Waals surface area contributed by atoms with Crippen LogP contribution in [0.5, 0.6) is 5.75 Å². The van der Waals surface area contributed by atoms with Gasteiger partial charge in [-0.15, -0.1) is 0 Å². The quantitative estimate of drug-likeness (QED) is 0.361. The lowest BCUT2D eigenvalue weighted by Crippen LogP contribution is -2.47. The van der Waals surface area contributed by atoms with E-state index < -0.39 is 20.9 Å². The first-order valence-corrected chi connectivity index (χ1v) is 7.74. The average molecular weight is 390 g/mol. The van der Waals surface area contributed by atoms with Crippen LogP contribution >= 0.6 is 34.8 Å². The molecule has 9 heteroatoms. The van der Waals surface area contributed by atoms with Gasteiger partial charge in [-0.25, -0.2) is 0 Å². The monoisotopic (exact) mass is 388 g/mol. The molecule has 2 aromatic carbocycles. The highest BCUT2D eigenvalue weighted by Crippen LogP contribution is 2.32. The Balaban J connectivity index is 2.18. The topological polar surface area (TPSA) is 81.5 Å². The number of nitrogens with one attached hydrogen (secondary N) is 1. The van der Waals surface area contributed by atoms with Crippen LogP contribution in [-0.4, -0.2) is 20.9 Å². The number of para-hydroxylation sites is 1. The van der Waals surface area contributed by atoms with Gasteiger partial charge >= 0.3 is 0 Å². The van der Waals surface area contributed by atoms with Crippen molar-refractivity contribution >= 4 is 46.4 Å². The maximum atomic E-state index is 12.3. The molecule has 0 aromatic heterocycles. The molecular weight excluding hydrogens is 379 g/mol. The van der Waals surface area contributed by atoms with Gasteiger partial charge in [0.05, 0.1) is 4.92 Å². The van der Waals surface area contributed by atoms with E-state index >= 15 is 0 Å². The molecule has 1 amide bonds. The molecule has 2 aromatic rings. The Bertz CT molecular complexity index is 735. The van der Waals surface area contributed by atoms with Crippen LogP contribution in [0.1, 0.15) is 10.4 Å². The lowest BCUT2D eigenvalue weighted by atomic mass is 10.2. The summed E-state index contributed by atoms with van der Waals surface area (Å²) < 4.78 is 3.53. The minimum atomic E-state index is -1.95. The average Bonchev–Trinajstić information content (AvgIpc) is 2.54. The fourth-order valence-corrected chi connectivity index (χ4v) is 2.07. The molecule has 0 heterocycles. The van der Waals surface area contributed by atoms with Crippen molar-refractivity contribution in [2.75, 3.05) is 0 Å². The molecule has 1 atom stereocenters. The van der Waals surface area contributed by atoms with Crippen LogP contribution in [0.4, 0.5) is 5.69 Å². The number of alkyl halides is 3. The Hall–Kier alpha value is -2.02. The van der Waals surface area contributed by atoms with Gasteiger partial charge in [0, 0.05) is 17.7 Å². The van der Waals surface area contributed by atoms with Crippen molar-refractivity contribution in [3.8, 4) is 5.75 Å². The van der Waals surface area contributed by atoms with E-state index in [0.717, 1.165) is 6.07 Å². The van der Waals surface area contributed by atoms with Gasteiger partial charge in [0.25, 0.3) is 11.6 Å². The third-order valence-corrected chi connectivity index (χ3v) is 3.47. The third kappa shape index (κ3) is 4.99. The van der Waals surface area contributed by atoms with Gasteiger partial charge in [0.15, 0.2) is 0 Å². The van der Waals surface area contributed by atoms with Crippen molar-refractivity contribution in [2.45, 2.75) is 10.0 Å². The van der Waals surface area contributed by atoms with Gasteiger partial charge < -0.3 is 10.1 Å². The first-order chi connectivity index (χ1) is 11.3. The Morgan fingerprint density at radius 3 is 2.38 bits per heavy atom.